The van der Waals surface area contributed by atoms with Gasteiger partial charge >= 0.3 is 0 Å². The molecule has 0 N–H and O–H groups in total. The quantitative estimate of drug-likeness (QED) is 0.640. The van der Waals surface area contributed by atoms with Crippen LogP contribution < -0.4 is 0 Å². The first-order chi connectivity index (χ1) is 5.79. The molecule has 0 saturated heterocycles. The van der Waals surface area contributed by atoms with Crippen molar-refractivity contribution in [3.05, 3.63) is 34.9 Å². The zero-order valence-electron chi connectivity index (χ0n) is 6.59. The summed E-state index contributed by atoms with van der Waals surface area (Å²) >= 11 is 5.87. The molecule has 1 aliphatic carbocycles. The third-order valence-corrected chi connectivity index (χ3v) is 2.42. The molecule has 0 unspecified atom stereocenters. The van der Waals surface area contributed by atoms with Gasteiger partial charge in [0, 0.05) is 11.5 Å². The van der Waals surface area contributed by atoms with Crippen molar-refractivity contribution in [2.45, 2.75) is 12.8 Å². The molecule has 1 aromatic carbocycles. The fourth-order valence-electron chi connectivity index (χ4n) is 1.23. The van der Waals surface area contributed by atoms with Crippen LogP contribution in [0.2, 0.25) is 5.02 Å². The molecule has 0 aromatic heterocycles. The maximum Gasteiger partial charge on any atom is 0.167 e. The van der Waals surface area contributed by atoms with Gasteiger partial charge in [0.2, 0.25) is 0 Å². The fourth-order valence-corrected chi connectivity index (χ4v) is 1.46. The van der Waals surface area contributed by atoms with Crippen molar-refractivity contribution in [1.29, 1.82) is 0 Å². The van der Waals surface area contributed by atoms with E-state index in [1.54, 1.807) is 12.1 Å². The van der Waals surface area contributed by atoms with Gasteiger partial charge in [-0.25, -0.2) is 0 Å². The summed E-state index contributed by atoms with van der Waals surface area (Å²) in [7, 11) is 0. The highest BCUT2D eigenvalue weighted by molar-refractivity contribution is 6.34. The highest BCUT2D eigenvalue weighted by Gasteiger charge is 2.31. The van der Waals surface area contributed by atoms with Crippen molar-refractivity contribution < 1.29 is 4.79 Å². The molecule has 1 aromatic rings. The average molecular weight is 181 g/mol. The van der Waals surface area contributed by atoms with Crippen LogP contribution in [-0.2, 0) is 0 Å². The van der Waals surface area contributed by atoms with E-state index in [1.165, 1.54) is 0 Å². The van der Waals surface area contributed by atoms with E-state index in [0.717, 1.165) is 12.8 Å². The van der Waals surface area contributed by atoms with Gasteiger partial charge in [-0.2, -0.15) is 0 Å². The molecule has 2 rings (SSSR count). The Morgan fingerprint density at radius 1 is 1.33 bits per heavy atom. The van der Waals surface area contributed by atoms with Crippen molar-refractivity contribution >= 4 is 17.4 Å². The van der Waals surface area contributed by atoms with Crippen LogP contribution in [0.5, 0.6) is 0 Å². The SMILES string of the molecule is O=C(c1ccccc1Cl)C1CC1. The van der Waals surface area contributed by atoms with E-state index in [4.69, 9.17) is 11.6 Å². The predicted molar refractivity (Wildman–Crippen MR) is 48.5 cm³/mol. The van der Waals surface area contributed by atoms with Crippen LogP contribution in [-0.4, -0.2) is 5.78 Å². The van der Waals surface area contributed by atoms with Gasteiger partial charge in [-0.15, -0.1) is 0 Å². The Morgan fingerprint density at radius 3 is 2.58 bits per heavy atom. The van der Waals surface area contributed by atoms with Crippen LogP contribution in [0.25, 0.3) is 0 Å². The molecule has 0 radical (unpaired) electrons. The van der Waals surface area contributed by atoms with Crippen LogP contribution in [0.3, 0.4) is 0 Å². The summed E-state index contributed by atoms with van der Waals surface area (Å²) in [6.45, 7) is 0. The highest BCUT2D eigenvalue weighted by Crippen LogP contribution is 2.34. The Labute approximate surface area is 76.4 Å². The molecule has 0 amide bonds. The first kappa shape index (κ1) is 7.81. The number of hydrogen-bond donors (Lipinski definition) is 0. The highest BCUT2D eigenvalue weighted by atomic mass is 35.5. The van der Waals surface area contributed by atoms with Crippen LogP contribution in [0.4, 0.5) is 0 Å². The lowest BCUT2D eigenvalue weighted by Gasteiger charge is -1.99. The van der Waals surface area contributed by atoms with Gasteiger partial charge in [0.15, 0.2) is 5.78 Å². The third kappa shape index (κ3) is 1.37. The molecular formula is C10H9ClO. The smallest absolute Gasteiger partial charge is 0.167 e. The van der Waals surface area contributed by atoms with Gasteiger partial charge in [0.1, 0.15) is 0 Å². The molecule has 1 saturated carbocycles. The Kier molecular flexibility index (Phi) is 1.89. The molecule has 0 atom stereocenters. The minimum Gasteiger partial charge on any atom is -0.294 e. The molecule has 2 heteroatoms. The maximum atomic E-state index is 11.5. The van der Waals surface area contributed by atoms with E-state index in [-0.39, 0.29) is 11.7 Å². The third-order valence-electron chi connectivity index (χ3n) is 2.09. The van der Waals surface area contributed by atoms with Crippen molar-refractivity contribution in [2.24, 2.45) is 5.92 Å². The monoisotopic (exact) mass is 180 g/mol. The number of carbonyl (C=O) groups excluding carboxylic acids is 1. The molecule has 1 nitrogen and oxygen atoms in total. The van der Waals surface area contributed by atoms with Crippen LogP contribution in [0.15, 0.2) is 24.3 Å². The van der Waals surface area contributed by atoms with E-state index in [1.807, 2.05) is 12.1 Å². The first-order valence-electron chi connectivity index (χ1n) is 4.08. The van der Waals surface area contributed by atoms with Gasteiger partial charge in [-0.3, -0.25) is 4.79 Å². The summed E-state index contributed by atoms with van der Waals surface area (Å²) in [4.78, 5) is 11.5. The Bertz CT molecular complexity index is 315. The molecule has 0 heterocycles. The van der Waals surface area contributed by atoms with Gasteiger partial charge in [-0.1, -0.05) is 23.7 Å². The number of carbonyl (C=O) groups is 1. The number of halogens is 1. The van der Waals surface area contributed by atoms with Gasteiger partial charge in [0.05, 0.1) is 5.02 Å². The van der Waals surface area contributed by atoms with E-state index < -0.39 is 0 Å². The van der Waals surface area contributed by atoms with Gasteiger partial charge < -0.3 is 0 Å². The zero-order chi connectivity index (χ0) is 8.55. The number of ketones is 1. The molecule has 0 aliphatic heterocycles. The minimum atomic E-state index is 0.209. The van der Waals surface area contributed by atoms with Crippen molar-refractivity contribution in [1.82, 2.24) is 0 Å². The lowest BCUT2D eigenvalue weighted by molar-refractivity contribution is 0.0968. The maximum absolute atomic E-state index is 11.5. The summed E-state index contributed by atoms with van der Waals surface area (Å²) in [6.07, 6.45) is 2.06. The van der Waals surface area contributed by atoms with E-state index in [9.17, 15) is 4.79 Å². The van der Waals surface area contributed by atoms with E-state index in [2.05, 4.69) is 0 Å². The first-order valence-corrected chi connectivity index (χ1v) is 4.45. The number of rotatable bonds is 2. The largest absolute Gasteiger partial charge is 0.294 e. The molecule has 0 bridgehead atoms. The summed E-state index contributed by atoms with van der Waals surface area (Å²) < 4.78 is 0. The molecule has 0 spiro atoms. The minimum absolute atomic E-state index is 0.209. The lowest BCUT2D eigenvalue weighted by Crippen LogP contribution is -2.01. The summed E-state index contributed by atoms with van der Waals surface area (Å²) in [5, 5.41) is 0.578. The molecule has 62 valence electrons. The molecule has 1 fully saturated rings. The topological polar surface area (TPSA) is 17.1 Å². The zero-order valence-corrected chi connectivity index (χ0v) is 7.34. The standard InChI is InChI=1S/C10H9ClO/c11-9-4-2-1-3-8(9)10(12)7-5-6-7/h1-4,7H,5-6H2. The van der Waals surface area contributed by atoms with Crippen molar-refractivity contribution in [3.8, 4) is 0 Å². The lowest BCUT2D eigenvalue weighted by atomic mass is 10.1. The van der Waals surface area contributed by atoms with Gasteiger partial charge in [-0.05, 0) is 25.0 Å². The van der Waals surface area contributed by atoms with Crippen LogP contribution in [0.1, 0.15) is 23.2 Å². The molecule has 1 aliphatic rings. The summed E-state index contributed by atoms with van der Waals surface area (Å²) in [5.41, 5.74) is 0.682. The predicted octanol–water partition coefficient (Wildman–Crippen LogP) is 2.93. The number of hydrogen-bond acceptors (Lipinski definition) is 1. The number of Topliss-reactive ketones (excluding diaryl/α,β-unsaturated/α-hetero) is 1. The number of benzene rings is 1. The van der Waals surface area contributed by atoms with E-state index in [0.29, 0.717) is 10.6 Å². The van der Waals surface area contributed by atoms with Crippen LogP contribution in [0, 0.1) is 5.92 Å². The fraction of sp³-hybridized carbons (Fsp3) is 0.300. The Morgan fingerprint density at radius 2 is 2.00 bits per heavy atom. The average Bonchev–Trinajstić information content (AvgIpc) is 2.86. The second-order valence-corrected chi connectivity index (χ2v) is 3.53. The van der Waals surface area contributed by atoms with Crippen molar-refractivity contribution in [3.63, 3.8) is 0 Å². The van der Waals surface area contributed by atoms with E-state index >= 15 is 0 Å². The Balaban J connectivity index is 2.32. The summed E-state index contributed by atoms with van der Waals surface area (Å²) in [6, 6.07) is 7.24. The summed E-state index contributed by atoms with van der Waals surface area (Å²) in [5.74, 6) is 0.463. The van der Waals surface area contributed by atoms with Crippen molar-refractivity contribution in [2.75, 3.05) is 0 Å². The van der Waals surface area contributed by atoms with Gasteiger partial charge in [0.25, 0.3) is 0 Å². The second-order valence-electron chi connectivity index (χ2n) is 3.12. The normalized spacial score (nSPS) is 16.1. The van der Waals surface area contributed by atoms with Crippen LogP contribution >= 0.6 is 11.6 Å². The molecular weight excluding hydrogens is 172 g/mol. The molecule has 12 heavy (non-hydrogen) atoms. The Hall–Kier alpha value is -0.820. The second kappa shape index (κ2) is 2.91.